The average molecular weight is 191 g/mol. The van der Waals surface area contributed by atoms with Crippen molar-refractivity contribution < 1.29 is 9.59 Å². The van der Waals surface area contributed by atoms with Crippen LogP contribution in [-0.2, 0) is 11.3 Å². The number of urea groups is 1. The summed E-state index contributed by atoms with van der Waals surface area (Å²) in [5.74, 6) is 0. The van der Waals surface area contributed by atoms with Crippen molar-refractivity contribution in [2.75, 3.05) is 0 Å². The van der Waals surface area contributed by atoms with Crippen LogP contribution in [0.1, 0.15) is 5.56 Å². The molecule has 0 bridgehead atoms. The third-order valence-electron chi connectivity index (χ3n) is 1.58. The van der Waals surface area contributed by atoms with E-state index in [0.717, 1.165) is 5.56 Å². The highest BCUT2D eigenvalue weighted by molar-refractivity contribution is 5.71. The number of benzene rings is 1. The van der Waals surface area contributed by atoms with Crippen LogP contribution in [0.4, 0.5) is 10.5 Å². The molecule has 3 N–H and O–H groups in total. The Morgan fingerprint density at radius 2 is 2.07 bits per heavy atom. The third-order valence-corrected chi connectivity index (χ3v) is 1.58. The van der Waals surface area contributed by atoms with Crippen LogP contribution < -0.4 is 11.1 Å². The SMILES string of the molecule is NC(=O)NCc1ccc(N=C=O)cc1. The molecule has 0 spiro atoms. The minimum Gasteiger partial charge on any atom is -0.352 e. The molecular weight excluding hydrogens is 182 g/mol. The molecular formula is C9H9N3O2. The molecule has 0 radical (unpaired) electrons. The van der Waals surface area contributed by atoms with Gasteiger partial charge in [-0.1, -0.05) is 12.1 Å². The topological polar surface area (TPSA) is 84.6 Å². The van der Waals surface area contributed by atoms with E-state index in [1.165, 1.54) is 6.08 Å². The Kier molecular flexibility index (Phi) is 3.41. The second-order valence-electron chi connectivity index (χ2n) is 2.59. The van der Waals surface area contributed by atoms with E-state index < -0.39 is 6.03 Å². The maximum atomic E-state index is 10.4. The first-order valence-corrected chi connectivity index (χ1v) is 3.92. The highest BCUT2D eigenvalue weighted by Crippen LogP contribution is 2.11. The average Bonchev–Trinajstić information content (AvgIpc) is 2.17. The lowest BCUT2D eigenvalue weighted by molar-refractivity contribution is 0.248. The number of hydrogen-bond donors (Lipinski definition) is 2. The summed E-state index contributed by atoms with van der Waals surface area (Å²) < 4.78 is 0. The van der Waals surface area contributed by atoms with Crippen molar-refractivity contribution in [3.63, 3.8) is 0 Å². The third kappa shape index (κ3) is 3.08. The number of aliphatic imine (C=N–C) groups is 1. The number of nitrogens with two attached hydrogens (primary N) is 1. The van der Waals surface area contributed by atoms with Crippen molar-refractivity contribution in [3.05, 3.63) is 29.8 Å². The Bertz CT molecular complexity index is 366. The summed E-state index contributed by atoms with van der Waals surface area (Å²) in [4.78, 5) is 23.7. The van der Waals surface area contributed by atoms with Crippen molar-refractivity contribution in [3.8, 4) is 0 Å². The lowest BCUT2D eigenvalue weighted by Crippen LogP contribution is -2.28. The molecule has 0 atom stereocenters. The molecule has 1 aromatic rings. The van der Waals surface area contributed by atoms with Crippen LogP contribution in [0, 0.1) is 0 Å². The molecule has 5 heteroatoms. The van der Waals surface area contributed by atoms with Gasteiger partial charge in [0, 0.05) is 6.54 Å². The van der Waals surface area contributed by atoms with Crippen LogP contribution in [0.25, 0.3) is 0 Å². The van der Waals surface area contributed by atoms with Gasteiger partial charge in [-0.25, -0.2) is 9.59 Å². The largest absolute Gasteiger partial charge is 0.352 e. The van der Waals surface area contributed by atoms with Crippen LogP contribution in [0.2, 0.25) is 0 Å². The lowest BCUT2D eigenvalue weighted by atomic mass is 10.2. The number of nitrogens with one attached hydrogen (secondary N) is 1. The van der Waals surface area contributed by atoms with Gasteiger partial charge in [0.25, 0.3) is 0 Å². The minimum atomic E-state index is -0.569. The summed E-state index contributed by atoms with van der Waals surface area (Å²) >= 11 is 0. The Labute approximate surface area is 80.6 Å². The molecule has 0 saturated carbocycles. The Hall–Kier alpha value is -2.13. The van der Waals surface area contributed by atoms with Gasteiger partial charge in [0.05, 0.1) is 5.69 Å². The Balaban J connectivity index is 2.63. The van der Waals surface area contributed by atoms with Crippen LogP contribution in [0.15, 0.2) is 29.3 Å². The summed E-state index contributed by atoms with van der Waals surface area (Å²) in [6.45, 7) is 0.362. The highest BCUT2D eigenvalue weighted by atomic mass is 16.2. The number of rotatable bonds is 3. The van der Waals surface area contributed by atoms with Gasteiger partial charge in [0.15, 0.2) is 0 Å². The molecule has 5 nitrogen and oxygen atoms in total. The molecule has 0 aliphatic rings. The van der Waals surface area contributed by atoms with Crippen LogP contribution in [-0.4, -0.2) is 12.1 Å². The Morgan fingerprint density at radius 1 is 1.43 bits per heavy atom. The van der Waals surface area contributed by atoms with E-state index >= 15 is 0 Å². The van der Waals surface area contributed by atoms with Crippen LogP contribution in [0.3, 0.4) is 0 Å². The first-order chi connectivity index (χ1) is 6.72. The summed E-state index contributed by atoms with van der Waals surface area (Å²) in [5, 5.41) is 2.44. The first kappa shape index (κ1) is 9.95. The van der Waals surface area contributed by atoms with Gasteiger partial charge in [-0.05, 0) is 17.7 Å². The minimum absolute atomic E-state index is 0.362. The maximum Gasteiger partial charge on any atom is 0.312 e. The van der Waals surface area contributed by atoms with E-state index in [2.05, 4.69) is 10.3 Å². The van der Waals surface area contributed by atoms with Crippen molar-refractivity contribution in [2.24, 2.45) is 10.7 Å². The fraction of sp³-hybridized carbons (Fsp3) is 0.111. The number of hydrogen-bond acceptors (Lipinski definition) is 3. The second-order valence-corrected chi connectivity index (χ2v) is 2.59. The number of primary amides is 1. The summed E-state index contributed by atoms with van der Waals surface area (Å²) in [6.07, 6.45) is 1.44. The van der Waals surface area contributed by atoms with Gasteiger partial charge in [-0.2, -0.15) is 4.99 Å². The number of amides is 2. The Morgan fingerprint density at radius 3 is 2.57 bits per heavy atom. The maximum absolute atomic E-state index is 10.4. The molecule has 0 fully saturated rings. The zero-order valence-electron chi connectivity index (χ0n) is 7.36. The highest BCUT2D eigenvalue weighted by Gasteiger charge is 1.95. The van der Waals surface area contributed by atoms with E-state index in [0.29, 0.717) is 12.2 Å². The normalized spacial score (nSPS) is 8.86. The zero-order chi connectivity index (χ0) is 10.4. The molecule has 0 saturated heterocycles. The van der Waals surface area contributed by atoms with Gasteiger partial charge in [0.2, 0.25) is 6.08 Å². The number of carbonyl (C=O) groups is 1. The van der Waals surface area contributed by atoms with Crippen molar-refractivity contribution >= 4 is 17.8 Å². The fourth-order valence-electron chi connectivity index (χ4n) is 0.930. The molecule has 0 heterocycles. The van der Waals surface area contributed by atoms with Gasteiger partial charge in [-0.15, -0.1) is 0 Å². The van der Waals surface area contributed by atoms with E-state index in [9.17, 15) is 9.59 Å². The number of nitrogens with zero attached hydrogens (tertiary/aromatic N) is 1. The standard InChI is InChI=1S/C9H9N3O2/c10-9(14)11-5-7-1-3-8(4-2-7)12-6-13/h1-4H,5H2,(H3,10,11,14). The quantitative estimate of drug-likeness (QED) is 0.547. The van der Waals surface area contributed by atoms with Gasteiger partial charge < -0.3 is 11.1 Å². The first-order valence-electron chi connectivity index (χ1n) is 3.92. The van der Waals surface area contributed by atoms with Crippen LogP contribution in [0.5, 0.6) is 0 Å². The predicted molar refractivity (Wildman–Crippen MR) is 50.6 cm³/mol. The van der Waals surface area contributed by atoms with Crippen molar-refractivity contribution in [1.29, 1.82) is 0 Å². The predicted octanol–water partition coefficient (Wildman–Crippen LogP) is 0.822. The molecule has 0 aliphatic heterocycles. The lowest BCUT2D eigenvalue weighted by Gasteiger charge is -2.01. The van der Waals surface area contributed by atoms with Crippen molar-refractivity contribution in [1.82, 2.24) is 5.32 Å². The van der Waals surface area contributed by atoms with E-state index in [1.54, 1.807) is 24.3 Å². The fourth-order valence-corrected chi connectivity index (χ4v) is 0.930. The molecule has 0 unspecified atom stereocenters. The summed E-state index contributed by atoms with van der Waals surface area (Å²) in [7, 11) is 0. The van der Waals surface area contributed by atoms with Gasteiger partial charge in [-0.3, -0.25) is 0 Å². The van der Waals surface area contributed by atoms with Crippen molar-refractivity contribution in [2.45, 2.75) is 6.54 Å². The molecule has 0 aromatic heterocycles. The molecule has 72 valence electrons. The van der Waals surface area contributed by atoms with E-state index in [1.807, 2.05) is 0 Å². The monoisotopic (exact) mass is 191 g/mol. The molecule has 0 aliphatic carbocycles. The molecule has 1 rings (SSSR count). The smallest absolute Gasteiger partial charge is 0.312 e. The molecule has 14 heavy (non-hydrogen) atoms. The van der Waals surface area contributed by atoms with Crippen LogP contribution >= 0.6 is 0 Å². The second kappa shape index (κ2) is 4.79. The summed E-state index contributed by atoms with van der Waals surface area (Å²) in [6, 6.07) is 6.23. The molecule has 2 amide bonds. The number of isocyanates is 1. The van der Waals surface area contributed by atoms with Gasteiger partial charge in [0.1, 0.15) is 0 Å². The van der Waals surface area contributed by atoms with E-state index in [4.69, 9.17) is 5.73 Å². The zero-order valence-corrected chi connectivity index (χ0v) is 7.36. The summed E-state index contributed by atoms with van der Waals surface area (Å²) in [5.41, 5.74) is 6.31. The molecule has 1 aromatic carbocycles. The van der Waals surface area contributed by atoms with Gasteiger partial charge >= 0.3 is 6.03 Å². The number of carbonyl (C=O) groups excluding carboxylic acids is 2. The van der Waals surface area contributed by atoms with E-state index in [-0.39, 0.29) is 0 Å².